The number of piperazine rings is 1. The molecule has 10 heteroatoms. The first-order valence-electron chi connectivity index (χ1n) is 7.87. The number of alkyl halides is 3. The molecule has 1 aromatic heterocycles. The van der Waals surface area contributed by atoms with Crippen LogP contribution in [-0.2, 0) is 15.8 Å². The Labute approximate surface area is 146 Å². The average molecular weight is 378 g/mol. The van der Waals surface area contributed by atoms with Gasteiger partial charge < -0.3 is 10.2 Å². The van der Waals surface area contributed by atoms with Gasteiger partial charge in [-0.15, -0.1) is 0 Å². The Balaban J connectivity index is 1.62. The largest absolute Gasteiger partial charge is 0.419 e. The maximum Gasteiger partial charge on any atom is 0.419 e. The second kappa shape index (κ2) is 6.70. The summed E-state index contributed by atoms with van der Waals surface area (Å²) in [6.07, 6.45) is -2.73. The molecule has 2 saturated heterocycles. The minimum absolute atomic E-state index is 0.0161. The van der Waals surface area contributed by atoms with Crippen molar-refractivity contribution in [2.75, 3.05) is 31.1 Å². The molecule has 2 N–H and O–H groups in total. The highest BCUT2D eigenvalue weighted by Crippen LogP contribution is 2.32. The third kappa shape index (κ3) is 3.81. The van der Waals surface area contributed by atoms with Gasteiger partial charge in [-0.1, -0.05) is 11.6 Å². The molecule has 6 nitrogen and oxygen atoms in total. The first-order valence-corrected chi connectivity index (χ1v) is 8.25. The summed E-state index contributed by atoms with van der Waals surface area (Å²) in [6, 6.07) is 0.416. The molecular weight excluding hydrogens is 361 g/mol. The van der Waals surface area contributed by atoms with Crippen molar-refractivity contribution in [3.63, 3.8) is 0 Å². The summed E-state index contributed by atoms with van der Waals surface area (Å²) in [5.74, 6) is 0.159. The highest BCUT2D eigenvalue weighted by atomic mass is 35.5. The van der Waals surface area contributed by atoms with Crippen molar-refractivity contribution in [3.8, 4) is 0 Å². The Morgan fingerprint density at radius 2 is 1.96 bits per heavy atom. The van der Waals surface area contributed by atoms with Gasteiger partial charge in [0.15, 0.2) is 0 Å². The van der Waals surface area contributed by atoms with Crippen LogP contribution in [0, 0.1) is 0 Å². The van der Waals surface area contributed by atoms with E-state index < -0.39 is 17.8 Å². The molecule has 0 bridgehead atoms. The summed E-state index contributed by atoms with van der Waals surface area (Å²) in [7, 11) is 0. The van der Waals surface area contributed by atoms with Crippen molar-refractivity contribution < 1.29 is 27.7 Å². The molecule has 2 amide bonds. The number of carbonyl (C=O) groups excluding carboxylic acids is 2. The van der Waals surface area contributed by atoms with Gasteiger partial charge >= 0.3 is 6.18 Å². The van der Waals surface area contributed by atoms with E-state index in [-0.39, 0.29) is 16.8 Å². The van der Waals surface area contributed by atoms with Crippen LogP contribution in [0.15, 0.2) is 12.3 Å². The van der Waals surface area contributed by atoms with E-state index in [4.69, 9.17) is 11.6 Å². The molecule has 0 aromatic carbocycles. The van der Waals surface area contributed by atoms with Crippen LogP contribution in [0.5, 0.6) is 0 Å². The number of aromatic nitrogens is 1. The second-order valence-electron chi connectivity index (χ2n) is 6.05. The Bertz CT molecular complexity index is 690. The number of amides is 2. The lowest BCUT2D eigenvalue weighted by Gasteiger charge is -2.32. The monoisotopic (exact) mass is 377 g/mol. The summed E-state index contributed by atoms with van der Waals surface area (Å²) in [5.41, 5.74) is -0.841. The predicted molar refractivity (Wildman–Crippen MR) is 83.0 cm³/mol. The average Bonchev–Trinajstić information content (AvgIpc) is 3.00. The standard InChI is InChI=1S/C15H16ClF3N4O2/c16-10-7-9(15(17,18)19)8-20-13(10)22-3-5-23(6-4-22)14(25)11-1-2-12(24)21-11/h7-8,11H,1-6H2,(H,21,24)/p+1/t11-/m0/s1. The number of pyridine rings is 1. The van der Waals surface area contributed by atoms with Gasteiger partial charge in [-0.05, 0) is 12.5 Å². The van der Waals surface area contributed by atoms with Crippen LogP contribution in [0.1, 0.15) is 18.4 Å². The number of H-pyrrole nitrogens is 1. The summed E-state index contributed by atoms with van der Waals surface area (Å²) < 4.78 is 38.1. The highest BCUT2D eigenvalue weighted by Gasteiger charge is 2.36. The number of hydrogen-bond acceptors (Lipinski definition) is 3. The summed E-state index contributed by atoms with van der Waals surface area (Å²) in [4.78, 5) is 29.6. The molecule has 136 valence electrons. The van der Waals surface area contributed by atoms with Gasteiger partial charge in [-0.25, -0.2) is 4.98 Å². The minimum atomic E-state index is -4.46. The van der Waals surface area contributed by atoms with Gasteiger partial charge in [-0.2, -0.15) is 13.2 Å². The zero-order valence-electron chi connectivity index (χ0n) is 13.2. The molecule has 2 aliphatic rings. The highest BCUT2D eigenvalue weighted by molar-refractivity contribution is 6.32. The van der Waals surface area contributed by atoms with Gasteiger partial charge in [0.1, 0.15) is 30.4 Å². The summed E-state index contributed by atoms with van der Waals surface area (Å²) >= 11 is 5.99. The molecular formula is C15H17ClF3N4O2+. The Kier molecular flexibility index (Phi) is 4.77. The van der Waals surface area contributed by atoms with Crippen LogP contribution in [-0.4, -0.2) is 48.9 Å². The molecule has 2 fully saturated rings. The number of rotatable bonds is 2. The Hall–Kier alpha value is -2.03. The number of nitrogens with one attached hydrogen (secondary N) is 2. The maximum absolute atomic E-state index is 12.7. The molecule has 3 heterocycles. The van der Waals surface area contributed by atoms with Crippen LogP contribution in [0.25, 0.3) is 0 Å². The molecule has 0 aliphatic carbocycles. The van der Waals surface area contributed by atoms with Crippen molar-refractivity contribution in [1.82, 2.24) is 10.2 Å². The van der Waals surface area contributed by atoms with E-state index in [0.717, 1.165) is 12.3 Å². The lowest BCUT2D eigenvalue weighted by molar-refractivity contribution is -0.367. The molecule has 1 aromatic rings. The Morgan fingerprint density at radius 3 is 2.48 bits per heavy atom. The molecule has 0 saturated carbocycles. The van der Waals surface area contributed by atoms with Gasteiger partial charge in [0.2, 0.25) is 11.8 Å². The topological polar surface area (TPSA) is 66.8 Å². The third-order valence-corrected chi connectivity index (χ3v) is 4.69. The number of halogens is 4. The van der Waals surface area contributed by atoms with Crippen molar-refractivity contribution in [2.45, 2.75) is 25.1 Å². The summed E-state index contributed by atoms with van der Waals surface area (Å²) in [6.45, 7) is 1.70. The van der Waals surface area contributed by atoms with E-state index in [1.165, 1.54) is 0 Å². The van der Waals surface area contributed by atoms with Crippen molar-refractivity contribution in [3.05, 3.63) is 22.8 Å². The predicted octanol–water partition coefficient (Wildman–Crippen LogP) is 1.10. The van der Waals surface area contributed by atoms with Gasteiger partial charge in [-0.3, -0.25) is 14.5 Å². The second-order valence-corrected chi connectivity index (χ2v) is 6.46. The van der Waals surface area contributed by atoms with Gasteiger partial charge in [0.25, 0.3) is 5.82 Å². The minimum Gasteiger partial charge on any atom is -0.344 e. The number of hydrogen-bond donors (Lipinski definition) is 1. The van der Waals surface area contributed by atoms with Crippen LogP contribution in [0.2, 0.25) is 5.02 Å². The van der Waals surface area contributed by atoms with Crippen molar-refractivity contribution in [2.24, 2.45) is 0 Å². The van der Waals surface area contributed by atoms with E-state index in [1.54, 1.807) is 9.80 Å². The normalized spacial score (nSPS) is 21.4. The molecule has 0 spiro atoms. The molecule has 0 unspecified atom stereocenters. The first kappa shape index (κ1) is 17.8. The van der Waals surface area contributed by atoms with E-state index in [2.05, 4.69) is 10.3 Å². The Morgan fingerprint density at radius 1 is 1.28 bits per heavy atom. The van der Waals surface area contributed by atoms with Gasteiger partial charge in [0.05, 0.1) is 18.7 Å². The zero-order valence-corrected chi connectivity index (χ0v) is 14.0. The fourth-order valence-electron chi connectivity index (χ4n) is 3.04. The molecule has 2 aliphatic heterocycles. The first-order chi connectivity index (χ1) is 11.8. The molecule has 0 radical (unpaired) electrons. The van der Waals surface area contributed by atoms with Crippen LogP contribution < -0.4 is 15.2 Å². The molecule has 3 rings (SSSR count). The lowest BCUT2D eigenvalue weighted by atomic mass is 10.2. The fraction of sp³-hybridized carbons (Fsp3) is 0.533. The fourth-order valence-corrected chi connectivity index (χ4v) is 3.33. The number of aromatic amines is 1. The van der Waals surface area contributed by atoms with Gasteiger partial charge in [0, 0.05) is 6.42 Å². The van der Waals surface area contributed by atoms with Crippen LogP contribution in [0.3, 0.4) is 0 Å². The van der Waals surface area contributed by atoms with Crippen LogP contribution >= 0.6 is 11.6 Å². The summed E-state index contributed by atoms with van der Waals surface area (Å²) in [5, 5.41) is 2.63. The molecule has 1 atom stereocenters. The molecule has 25 heavy (non-hydrogen) atoms. The smallest absolute Gasteiger partial charge is 0.344 e. The quantitative estimate of drug-likeness (QED) is 0.839. The van der Waals surface area contributed by atoms with E-state index in [9.17, 15) is 22.8 Å². The number of nitrogens with zero attached hydrogens (tertiary/aromatic N) is 2. The van der Waals surface area contributed by atoms with E-state index >= 15 is 0 Å². The maximum atomic E-state index is 12.7. The lowest BCUT2D eigenvalue weighted by Crippen LogP contribution is -2.54. The van der Waals surface area contributed by atoms with Crippen molar-refractivity contribution >= 4 is 29.2 Å². The SMILES string of the molecule is O=C1CC[C@@H](C(=O)N2CCN(c3[nH+]cc(C(F)(F)F)cc3Cl)CC2)N1. The van der Waals surface area contributed by atoms with E-state index in [1.807, 2.05) is 0 Å². The zero-order chi connectivity index (χ0) is 18.2. The van der Waals surface area contributed by atoms with E-state index in [0.29, 0.717) is 44.8 Å². The third-order valence-electron chi connectivity index (χ3n) is 4.40. The van der Waals surface area contributed by atoms with Crippen LogP contribution in [0.4, 0.5) is 19.0 Å². The van der Waals surface area contributed by atoms with Crippen molar-refractivity contribution in [1.29, 1.82) is 0 Å². The number of carbonyl (C=O) groups is 2. The number of anilines is 1.